The number of carbonyl (C=O) groups excluding carboxylic acids is 2. The molecule has 116 valence electrons. The molecule has 0 saturated heterocycles. The summed E-state index contributed by atoms with van der Waals surface area (Å²) < 4.78 is 49.1. The minimum atomic E-state index is -4.77. The van der Waals surface area contributed by atoms with E-state index in [0.717, 1.165) is 12.1 Å². The summed E-state index contributed by atoms with van der Waals surface area (Å²) >= 11 is 0. The number of ketones is 1. The minimum absolute atomic E-state index is 0.174. The number of Topliss-reactive ketones (excluding diaryl/α,β-unsaturated/α-hetero) is 1. The van der Waals surface area contributed by atoms with Crippen LogP contribution < -0.4 is 9.47 Å². The summed E-state index contributed by atoms with van der Waals surface area (Å²) in [5.41, 5.74) is 0. The SMILES string of the molecule is CCOC(=O)CC(=O)COc1ccc(OC(F)(F)F)cc1. The molecule has 0 fully saturated rings. The van der Waals surface area contributed by atoms with Crippen LogP contribution >= 0.6 is 0 Å². The maximum absolute atomic E-state index is 11.9. The Morgan fingerprint density at radius 3 is 2.19 bits per heavy atom. The zero-order valence-corrected chi connectivity index (χ0v) is 11.1. The van der Waals surface area contributed by atoms with E-state index in [9.17, 15) is 22.8 Å². The van der Waals surface area contributed by atoms with Crippen LogP contribution in [0.2, 0.25) is 0 Å². The van der Waals surface area contributed by atoms with Gasteiger partial charge in [-0.05, 0) is 31.2 Å². The molecule has 0 amide bonds. The molecule has 0 unspecified atom stereocenters. The van der Waals surface area contributed by atoms with Crippen molar-refractivity contribution in [3.8, 4) is 11.5 Å². The monoisotopic (exact) mass is 306 g/mol. The first-order chi connectivity index (χ1) is 9.80. The molecule has 0 aliphatic rings. The van der Waals surface area contributed by atoms with E-state index < -0.39 is 30.3 Å². The lowest BCUT2D eigenvalue weighted by Gasteiger charge is -2.09. The minimum Gasteiger partial charge on any atom is -0.486 e. The topological polar surface area (TPSA) is 61.8 Å². The molecule has 0 aliphatic carbocycles. The molecular weight excluding hydrogens is 293 g/mol. The van der Waals surface area contributed by atoms with Gasteiger partial charge in [0.2, 0.25) is 0 Å². The Kier molecular flexibility index (Phi) is 6.01. The smallest absolute Gasteiger partial charge is 0.486 e. The van der Waals surface area contributed by atoms with Gasteiger partial charge in [0.1, 0.15) is 24.5 Å². The lowest BCUT2D eigenvalue weighted by atomic mass is 10.3. The molecule has 1 aromatic carbocycles. The largest absolute Gasteiger partial charge is 0.573 e. The third-order valence-corrected chi connectivity index (χ3v) is 2.10. The Morgan fingerprint density at radius 1 is 1.10 bits per heavy atom. The third-order valence-electron chi connectivity index (χ3n) is 2.10. The Hall–Kier alpha value is -2.25. The number of alkyl halides is 3. The number of ether oxygens (including phenoxy) is 3. The van der Waals surface area contributed by atoms with Gasteiger partial charge in [0, 0.05) is 0 Å². The fourth-order valence-electron chi connectivity index (χ4n) is 1.33. The van der Waals surface area contributed by atoms with Crippen molar-refractivity contribution >= 4 is 11.8 Å². The lowest BCUT2D eigenvalue weighted by molar-refractivity contribution is -0.274. The second-order valence-electron chi connectivity index (χ2n) is 3.83. The van der Waals surface area contributed by atoms with Crippen molar-refractivity contribution in [3.63, 3.8) is 0 Å². The van der Waals surface area contributed by atoms with Gasteiger partial charge in [-0.2, -0.15) is 0 Å². The first-order valence-corrected chi connectivity index (χ1v) is 5.96. The highest BCUT2D eigenvalue weighted by Crippen LogP contribution is 2.24. The predicted octanol–water partition coefficient (Wildman–Crippen LogP) is 2.49. The van der Waals surface area contributed by atoms with Gasteiger partial charge in [0.05, 0.1) is 6.61 Å². The Labute approximate surface area is 118 Å². The molecule has 0 saturated carbocycles. The van der Waals surface area contributed by atoms with Crippen LogP contribution in [-0.2, 0) is 14.3 Å². The van der Waals surface area contributed by atoms with Gasteiger partial charge in [-0.15, -0.1) is 13.2 Å². The summed E-state index contributed by atoms with van der Waals surface area (Å²) in [4.78, 5) is 22.4. The maximum Gasteiger partial charge on any atom is 0.573 e. The van der Waals surface area contributed by atoms with Gasteiger partial charge in [-0.25, -0.2) is 0 Å². The Morgan fingerprint density at radius 2 is 1.67 bits per heavy atom. The lowest BCUT2D eigenvalue weighted by Crippen LogP contribution is -2.18. The van der Waals surface area contributed by atoms with Crippen molar-refractivity contribution in [3.05, 3.63) is 24.3 Å². The van der Waals surface area contributed by atoms with Crippen molar-refractivity contribution in [2.24, 2.45) is 0 Å². The number of rotatable bonds is 7. The normalized spacial score (nSPS) is 10.9. The fraction of sp³-hybridized carbons (Fsp3) is 0.385. The van der Waals surface area contributed by atoms with E-state index in [-0.39, 0.29) is 19.0 Å². The van der Waals surface area contributed by atoms with Crippen LogP contribution in [0.4, 0.5) is 13.2 Å². The number of benzene rings is 1. The van der Waals surface area contributed by atoms with E-state index in [4.69, 9.17) is 4.74 Å². The van der Waals surface area contributed by atoms with Crippen LogP contribution in [0.5, 0.6) is 11.5 Å². The average Bonchev–Trinajstić information content (AvgIpc) is 2.36. The van der Waals surface area contributed by atoms with Crippen LogP contribution in [0.3, 0.4) is 0 Å². The van der Waals surface area contributed by atoms with Crippen molar-refractivity contribution in [2.75, 3.05) is 13.2 Å². The summed E-state index contributed by atoms with van der Waals surface area (Å²) in [7, 11) is 0. The van der Waals surface area contributed by atoms with Crippen LogP contribution in [0.25, 0.3) is 0 Å². The molecule has 1 rings (SSSR count). The van der Waals surface area contributed by atoms with Gasteiger partial charge in [0.15, 0.2) is 5.78 Å². The molecule has 0 aliphatic heterocycles. The van der Waals surface area contributed by atoms with Crippen molar-refractivity contribution in [1.29, 1.82) is 0 Å². The van der Waals surface area contributed by atoms with Crippen LogP contribution in [-0.4, -0.2) is 31.3 Å². The molecule has 0 heterocycles. The van der Waals surface area contributed by atoms with Crippen molar-refractivity contribution in [2.45, 2.75) is 19.7 Å². The highest BCUT2D eigenvalue weighted by molar-refractivity contribution is 5.96. The highest BCUT2D eigenvalue weighted by Gasteiger charge is 2.30. The molecule has 0 bridgehead atoms. The molecule has 8 heteroatoms. The van der Waals surface area contributed by atoms with E-state index in [1.807, 2.05) is 0 Å². The summed E-state index contributed by atoms with van der Waals surface area (Å²) in [6, 6.07) is 4.55. The molecule has 0 N–H and O–H groups in total. The number of carbonyl (C=O) groups is 2. The predicted molar refractivity (Wildman–Crippen MR) is 64.9 cm³/mol. The molecule has 0 radical (unpaired) electrons. The summed E-state index contributed by atoms with van der Waals surface area (Å²) in [6.07, 6.45) is -5.18. The van der Waals surface area contributed by atoms with Crippen LogP contribution in [0, 0.1) is 0 Å². The third kappa shape index (κ3) is 7.19. The van der Waals surface area contributed by atoms with E-state index in [0.29, 0.717) is 0 Å². The quantitative estimate of drug-likeness (QED) is 0.572. The zero-order chi connectivity index (χ0) is 15.9. The number of halogens is 3. The zero-order valence-electron chi connectivity index (χ0n) is 11.1. The van der Waals surface area contributed by atoms with Gasteiger partial charge in [-0.3, -0.25) is 9.59 Å². The summed E-state index contributed by atoms with van der Waals surface area (Å²) in [6.45, 7) is 1.41. The van der Waals surface area contributed by atoms with E-state index in [1.165, 1.54) is 12.1 Å². The fourth-order valence-corrected chi connectivity index (χ4v) is 1.33. The number of hydrogen-bond donors (Lipinski definition) is 0. The second kappa shape index (κ2) is 7.51. The number of hydrogen-bond acceptors (Lipinski definition) is 5. The Bertz CT molecular complexity index is 482. The number of esters is 1. The van der Waals surface area contributed by atoms with E-state index in [2.05, 4.69) is 9.47 Å². The van der Waals surface area contributed by atoms with Gasteiger partial charge in [0.25, 0.3) is 0 Å². The molecule has 1 aromatic rings. The molecule has 0 aromatic heterocycles. The van der Waals surface area contributed by atoms with Gasteiger partial charge >= 0.3 is 12.3 Å². The van der Waals surface area contributed by atoms with Crippen LogP contribution in [0.15, 0.2) is 24.3 Å². The Balaban J connectivity index is 2.42. The average molecular weight is 306 g/mol. The highest BCUT2D eigenvalue weighted by atomic mass is 19.4. The first-order valence-electron chi connectivity index (χ1n) is 5.96. The summed E-state index contributed by atoms with van der Waals surface area (Å²) in [5, 5.41) is 0. The van der Waals surface area contributed by atoms with Crippen LogP contribution in [0.1, 0.15) is 13.3 Å². The summed E-state index contributed by atoms with van der Waals surface area (Å²) in [5.74, 6) is -1.36. The van der Waals surface area contributed by atoms with Crippen molar-refractivity contribution in [1.82, 2.24) is 0 Å². The maximum atomic E-state index is 11.9. The van der Waals surface area contributed by atoms with Gasteiger partial charge in [-0.1, -0.05) is 0 Å². The van der Waals surface area contributed by atoms with E-state index >= 15 is 0 Å². The standard InChI is InChI=1S/C13H13F3O5/c1-2-19-12(18)7-9(17)8-20-10-3-5-11(6-4-10)21-13(14,15)16/h3-6H,2,7-8H2,1H3. The molecule has 5 nitrogen and oxygen atoms in total. The molecular formula is C13H13F3O5. The molecule has 21 heavy (non-hydrogen) atoms. The molecule has 0 atom stereocenters. The van der Waals surface area contributed by atoms with Gasteiger partial charge < -0.3 is 14.2 Å². The second-order valence-corrected chi connectivity index (χ2v) is 3.83. The van der Waals surface area contributed by atoms with E-state index in [1.54, 1.807) is 6.92 Å². The molecule has 0 spiro atoms. The first kappa shape index (κ1) is 16.8. The van der Waals surface area contributed by atoms with Crippen molar-refractivity contribution < 1.29 is 37.0 Å².